The number of carbonyl (C=O) groups is 1. The lowest BCUT2D eigenvalue weighted by Gasteiger charge is -2.18. The van der Waals surface area contributed by atoms with Crippen molar-refractivity contribution in [2.45, 2.75) is 38.0 Å². The molecule has 0 spiro atoms. The van der Waals surface area contributed by atoms with Crippen LogP contribution < -0.4 is 5.32 Å². The van der Waals surface area contributed by atoms with E-state index in [9.17, 15) is 4.79 Å². The van der Waals surface area contributed by atoms with Crippen molar-refractivity contribution in [1.29, 1.82) is 0 Å². The van der Waals surface area contributed by atoms with Gasteiger partial charge in [-0.1, -0.05) is 0 Å². The SMILES string of the molecule is O=C(O)c1ccoc1CNC1CCOC1C1CC1. The number of hydrogen-bond donors (Lipinski definition) is 2. The first kappa shape index (κ1) is 11.7. The maximum atomic E-state index is 10.9. The molecule has 2 atom stereocenters. The standard InChI is InChI=1S/C13H17NO4/c15-13(16)9-3-5-17-11(9)7-14-10-4-6-18-12(10)8-1-2-8/h3,5,8,10,12,14H,1-2,4,6-7H2,(H,15,16). The first-order chi connectivity index (χ1) is 8.75. The Bertz CT molecular complexity index is 438. The molecule has 2 N–H and O–H groups in total. The molecule has 3 rings (SSSR count). The molecule has 98 valence electrons. The Hall–Kier alpha value is -1.33. The molecule has 2 aliphatic rings. The summed E-state index contributed by atoms with van der Waals surface area (Å²) in [6, 6.07) is 1.81. The Kier molecular flexibility index (Phi) is 3.09. The topological polar surface area (TPSA) is 71.7 Å². The number of carboxylic acids is 1. The van der Waals surface area contributed by atoms with Gasteiger partial charge in [-0.05, 0) is 31.2 Å². The monoisotopic (exact) mass is 251 g/mol. The van der Waals surface area contributed by atoms with E-state index in [4.69, 9.17) is 14.3 Å². The van der Waals surface area contributed by atoms with Crippen molar-refractivity contribution in [3.63, 3.8) is 0 Å². The molecule has 1 saturated heterocycles. The Morgan fingerprint density at radius 2 is 2.28 bits per heavy atom. The number of aromatic carboxylic acids is 1. The summed E-state index contributed by atoms with van der Waals surface area (Å²) in [5.74, 6) is 0.242. The third-order valence-electron chi connectivity index (χ3n) is 3.72. The van der Waals surface area contributed by atoms with Crippen LogP contribution in [0.15, 0.2) is 16.7 Å². The van der Waals surface area contributed by atoms with Crippen molar-refractivity contribution in [1.82, 2.24) is 5.32 Å². The fraction of sp³-hybridized carbons (Fsp3) is 0.615. The van der Waals surface area contributed by atoms with Crippen molar-refractivity contribution >= 4 is 5.97 Å². The van der Waals surface area contributed by atoms with Gasteiger partial charge < -0.3 is 19.6 Å². The molecule has 1 aliphatic carbocycles. The maximum Gasteiger partial charge on any atom is 0.339 e. The van der Waals surface area contributed by atoms with Crippen LogP contribution in [0.1, 0.15) is 35.4 Å². The minimum Gasteiger partial charge on any atom is -0.478 e. The molecule has 5 nitrogen and oxygen atoms in total. The van der Waals surface area contributed by atoms with Gasteiger partial charge in [-0.25, -0.2) is 4.79 Å². The molecule has 1 aromatic rings. The van der Waals surface area contributed by atoms with Crippen LogP contribution >= 0.6 is 0 Å². The molecule has 18 heavy (non-hydrogen) atoms. The molecule has 5 heteroatoms. The van der Waals surface area contributed by atoms with Crippen LogP contribution in [0.2, 0.25) is 0 Å². The Morgan fingerprint density at radius 1 is 1.44 bits per heavy atom. The summed E-state index contributed by atoms with van der Waals surface area (Å²) in [7, 11) is 0. The molecule has 0 radical (unpaired) electrons. The van der Waals surface area contributed by atoms with E-state index < -0.39 is 5.97 Å². The molecule has 2 fully saturated rings. The summed E-state index contributed by atoms with van der Waals surface area (Å²) in [6.45, 7) is 1.24. The van der Waals surface area contributed by atoms with Crippen molar-refractivity contribution in [3.05, 3.63) is 23.7 Å². The molecule has 1 aliphatic heterocycles. The zero-order valence-electron chi connectivity index (χ0n) is 10.1. The van der Waals surface area contributed by atoms with Gasteiger partial charge in [0.1, 0.15) is 11.3 Å². The normalized spacial score (nSPS) is 27.6. The van der Waals surface area contributed by atoms with E-state index in [2.05, 4.69) is 5.32 Å². The summed E-state index contributed by atoms with van der Waals surface area (Å²) in [6.07, 6.45) is 5.22. The average molecular weight is 251 g/mol. The predicted octanol–water partition coefficient (Wildman–Crippen LogP) is 1.63. The van der Waals surface area contributed by atoms with E-state index in [-0.39, 0.29) is 5.56 Å². The van der Waals surface area contributed by atoms with Crippen LogP contribution in [0.25, 0.3) is 0 Å². The predicted molar refractivity (Wildman–Crippen MR) is 63.4 cm³/mol. The van der Waals surface area contributed by atoms with E-state index in [1.165, 1.54) is 25.2 Å². The Labute approximate surface area is 105 Å². The van der Waals surface area contributed by atoms with Gasteiger partial charge in [-0.3, -0.25) is 0 Å². The molecule has 2 heterocycles. The second kappa shape index (κ2) is 4.74. The largest absolute Gasteiger partial charge is 0.478 e. The molecule has 0 amide bonds. The van der Waals surface area contributed by atoms with E-state index in [0.717, 1.165) is 13.0 Å². The van der Waals surface area contributed by atoms with E-state index >= 15 is 0 Å². The zero-order valence-corrected chi connectivity index (χ0v) is 10.1. The lowest BCUT2D eigenvalue weighted by molar-refractivity contribution is 0.0693. The summed E-state index contributed by atoms with van der Waals surface area (Å²) in [4.78, 5) is 10.9. The number of ether oxygens (including phenoxy) is 1. The summed E-state index contributed by atoms with van der Waals surface area (Å²) in [5, 5.41) is 12.4. The van der Waals surface area contributed by atoms with Crippen molar-refractivity contribution in [3.8, 4) is 0 Å². The minimum atomic E-state index is -0.943. The second-order valence-electron chi connectivity index (χ2n) is 5.01. The highest BCUT2D eigenvalue weighted by Gasteiger charge is 2.40. The summed E-state index contributed by atoms with van der Waals surface area (Å²) in [5.41, 5.74) is 0.240. The van der Waals surface area contributed by atoms with Gasteiger partial charge >= 0.3 is 5.97 Å². The third kappa shape index (κ3) is 2.28. The van der Waals surface area contributed by atoms with Gasteiger partial charge in [0, 0.05) is 12.6 Å². The highest BCUT2D eigenvalue weighted by molar-refractivity contribution is 5.88. The number of furan rings is 1. The lowest BCUT2D eigenvalue weighted by Crippen LogP contribution is -2.37. The highest BCUT2D eigenvalue weighted by atomic mass is 16.5. The molecular formula is C13H17NO4. The summed E-state index contributed by atoms with van der Waals surface area (Å²) < 4.78 is 10.9. The quantitative estimate of drug-likeness (QED) is 0.832. The van der Waals surface area contributed by atoms with E-state index in [1.54, 1.807) is 0 Å². The highest BCUT2D eigenvalue weighted by Crippen LogP contribution is 2.38. The number of rotatable bonds is 5. The lowest BCUT2D eigenvalue weighted by atomic mass is 10.1. The molecule has 0 bridgehead atoms. The maximum absolute atomic E-state index is 10.9. The van der Waals surface area contributed by atoms with E-state index in [1.807, 2.05) is 0 Å². The Balaban J connectivity index is 1.60. The van der Waals surface area contributed by atoms with Gasteiger partial charge in [-0.15, -0.1) is 0 Å². The third-order valence-corrected chi connectivity index (χ3v) is 3.72. The van der Waals surface area contributed by atoms with Gasteiger partial charge in [-0.2, -0.15) is 0 Å². The van der Waals surface area contributed by atoms with Crippen molar-refractivity contribution in [2.75, 3.05) is 6.61 Å². The fourth-order valence-corrected chi connectivity index (χ4v) is 2.61. The second-order valence-corrected chi connectivity index (χ2v) is 5.01. The summed E-state index contributed by atoms with van der Waals surface area (Å²) >= 11 is 0. The van der Waals surface area contributed by atoms with Crippen molar-refractivity contribution < 1.29 is 19.1 Å². The fourth-order valence-electron chi connectivity index (χ4n) is 2.61. The van der Waals surface area contributed by atoms with Gasteiger partial charge in [0.25, 0.3) is 0 Å². The number of nitrogens with one attached hydrogen (secondary N) is 1. The number of carboxylic acid groups (broad SMARTS) is 1. The van der Waals surface area contributed by atoms with E-state index in [0.29, 0.717) is 30.4 Å². The van der Waals surface area contributed by atoms with Gasteiger partial charge in [0.2, 0.25) is 0 Å². The number of hydrogen-bond acceptors (Lipinski definition) is 4. The zero-order chi connectivity index (χ0) is 12.5. The smallest absolute Gasteiger partial charge is 0.339 e. The van der Waals surface area contributed by atoms with Crippen LogP contribution in [0.4, 0.5) is 0 Å². The molecule has 1 saturated carbocycles. The Morgan fingerprint density at radius 3 is 3.00 bits per heavy atom. The minimum absolute atomic E-state index is 0.240. The van der Waals surface area contributed by atoms with Crippen molar-refractivity contribution in [2.24, 2.45) is 5.92 Å². The van der Waals surface area contributed by atoms with Crippen LogP contribution in [-0.2, 0) is 11.3 Å². The van der Waals surface area contributed by atoms with Crippen LogP contribution in [-0.4, -0.2) is 29.8 Å². The van der Waals surface area contributed by atoms with Crippen LogP contribution in [0.3, 0.4) is 0 Å². The molecule has 1 aromatic heterocycles. The van der Waals surface area contributed by atoms with Gasteiger partial charge in [0.15, 0.2) is 0 Å². The van der Waals surface area contributed by atoms with Crippen LogP contribution in [0.5, 0.6) is 0 Å². The average Bonchev–Trinajstić information content (AvgIpc) is 2.92. The molecule has 0 aromatic carbocycles. The first-order valence-corrected chi connectivity index (χ1v) is 6.40. The first-order valence-electron chi connectivity index (χ1n) is 6.40. The molecule has 2 unspecified atom stereocenters. The molecular weight excluding hydrogens is 234 g/mol. The van der Waals surface area contributed by atoms with Gasteiger partial charge in [0.05, 0.1) is 18.9 Å². The van der Waals surface area contributed by atoms with Crippen LogP contribution in [0, 0.1) is 5.92 Å².